The van der Waals surface area contributed by atoms with Gasteiger partial charge >= 0.3 is 0 Å². The maximum absolute atomic E-state index is 5.76. The first-order valence-corrected chi connectivity index (χ1v) is 5.03. The predicted molar refractivity (Wildman–Crippen MR) is 55.5 cm³/mol. The SMILES string of the molecule is COc1ccc([C@@]2(C)CCCO2)cc1. The summed E-state index contributed by atoms with van der Waals surface area (Å²) in [6.45, 7) is 3.03. The molecule has 2 rings (SSSR count). The molecule has 1 fully saturated rings. The number of methoxy groups -OCH3 is 1. The maximum Gasteiger partial charge on any atom is 0.118 e. The fraction of sp³-hybridized carbons (Fsp3) is 0.500. The Morgan fingerprint density at radius 2 is 2.00 bits per heavy atom. The topological polar surface area (TPSA) is 18.5 Å². The number of hydrogen-bond acceptors (Lipinski definition) is 2. The average molecular weight is 192 g/mol. The molecule has 0 radical (unpaired) electrons. The molecule has 76 valence electrons. The highest BCUT2D eigenvalue weighted by atomic mass is 16.5. The van der Waals surface area contributed by atoms with Crippen LogP contribution in [0.4, 0.5) is 0 Å². The van der Waals surface area contributed by atoms with E-state index in [4.69, 9.17) is 9.47 Å². The van der Waals surface area contributed by atoms with Crippen LogP contribution in [0.2, 0.25) is 0 Å². The Morgan fingerprint density at radius 3 is 2.50 bits per heavy atom. The molecular formula is C12H16O2. The zero-order chi connectivity index (χ0) is 10.0. The molecule has 0 unspecified atom stereocenters. The first-order chi connectivity index (χ1) is 6.74. The van der Waals surface area contributed by atoms with Crippen LogP contribution in [0.3, 0.4) is 0 Å². The minimum atomic E-state index is -0.0771. The van der Waals surface area contributed by atoms with E-state index in [0.717, 1.165) is 25.2 Å². The Kier molecular flexibility index (Phi) is 2.46. The Labute approximate surface area is 84.8 Å². The van der Waals surface area contributed by atoms with E-state index in [1.807, 2.05) is 12.1 Å². The largest absolute Gasteiger partial charge is 0.497 e. The van der Waals surface area contributed by atoms with Crippen molar-refractivity contribution < 1.29 is 9.47 Å². The summed E-state index contributed by atoms with van der Waals surface area (Å²) in [7, 11) is 1.68. The summed E-state index contributed by atoms with van der Waals surface area (Å²) in [6.07, 6.45) is 2.27. The monoisotopic (exact) mass is 192 g/mol. The molecule has 1 aliphatic rings. The summed E-state index contributed by atoms with van der Waals surface area (Å²) in [5.74, 6) is 0.898. The molecule has 1 aromatic carbocycles. The van der Waals surface area contributed by atoms with Gasteiger partial charge in [0.15, 0.2) is 0 Å². The molecule has 1 heterocycles. The molecule has 0 amide bonds. The predicted octanol–water partition coefficient (Wildman–Crippen LogP) is 2.72. The second-order valence-electron chi connectivity index (χ2n) is 3.91. The van der Waals surface area contributed by atoms with Crippen LogP contribution in [0.5, 0.6) is 5.75 Å². The van der Waals surface area contributed by atoms with Crippen LogP contribution in [0.25, 0.3) is 0 Å². The van der Waals surface area contributed by atoms with E-state index in [1.54, 1.807) is 7.11 Å². The van der Waals surface area contributed by atoms with Crippen LogP contribution < -0.4 is 4.74 Å². The maximum atomic E-state index is 5.76. The molecular weight excluding hydrogens is 176 g/mol. The van der Waals surface area contributed by atoms with Crippen LogP contribution in [0, 0.1) is 0 Å². The van der Waals surface area contributed by atoms with Gasteiger partial charge in [0.2, 0.25) is 0 Å². The summed E-state index contributed by atoms with van der Waals surface area (Å²) in [5.41, 5.74) is 1.17. The molecule has 14 heavy (non-hydrogen) atoms. The van der Waals surface area contributed by atoms with Crippen molar-refractivity contribution in [3.05, 3.63) is 29.8 Å². The minimum absolute atomic E-state index is 0.0771. The lowest BCUT2D eigenvalue weighted by molar-refractivity contribution is 0.0168. The van der Waals surface area contributed by atoms with E-state index < -0.39 is 0 Å². The third-order valence-electron chi connectivity index (χ3n) is 2.92. The average Bonchev–Trinajstić information content (AvgIpc) is 2.67. The van der Waals surface area contributed by atoms with Crippen molar-refractivity contribution >= 4 is 0 Å². The summed E-state index contributed by atoms with van der Waals surface area (Å²) in [4.78, 5) is 0. The van der Waals surface area contributed by atoms with E-state index in [2.05, 4.69) is 19.1 Å². The molecule has 0 spiro atoms. The van der Waals surface area contributed by atoms with Crippen LogP contribution in [0.1, 0.15) is 25.3 Å². The van der Waals surface area contributed by atoms with Crippen molar-refractivity contribution in [3.8, 4) is 5.75 Å². The summed E-state index contributed by atoms with van der Waals surface area (Å²) in [6, 6.07) is 8.15. The first kappa shape index (κ1) is 9.53. The van der Waals surface area contributed by atoms with Crippen LogP contribution in [0.15, 0.2) is 24.3 Å². The van der Waals surface area contributed by atoms with Gasteiger partial charge in [-0.25, -0.2) is 0 Å². The minimum Gasteiger partial charge on any atom is -0.497 e. The van der Waals surface area contributed by atoms with Crippen molar-refractivity contribution in [2.75, 3.05) is 13.7 Å². The van der Waals surface area contributed by atoms with Gasteiger partial charge in [-0.1, -0.05) is 12.1 Å². The van der Waals surface area contributed by atoms with Gasteiger partial charge in [0.1, 0.15) is 5.75 Å². The molecule has 0 N–H and O–H groups in total. The zero-order valence-electron chi connectivity index (χ0n) is 8.75. The standard InChI is InChI=1S/C12H16O2/c1-12(8-3-9-14-12)10-4-6-11(13-2)7-5-10/h4-7H,3,8-9H2,1-2H3/t12-/m1/s1. The van der Waals surface area contributed by atoms with E-state index in [9.17, 15) is 0 Å². The molecule has 0 aliphatic carbocycles. The Morgan fingerprint density at radius 1 is 1.29 bits per heavy atom. The lowest BCUT2D eigenvalue weighted by Crippen LogP contribution is -2.19. The van der Waals surface area contributed by atoms with Gasteiger partial charge in [0, 0.05) is 6.61 Å². The number of rotatable bonds is 2. The van der Waals surface area contributed by atoms with Crippen LogP contribution in [-0.4, -0.2) is 13.7 Å². The molecule has 1 atom stereocenters. The van der Waals surface area contributed by atoms with E-state index in [0.29, 0.717) is 0 Å². The van der Waals surface area contributed by atoms with Crippen molar-refractivity contribution in [1.29, 1.82) is 0 Å². The highest BCUT2D eigenvalue weighted by Gasteiger charge is 2.31. The highest BCUT2D eigenvalue weighted by molar-refractivity contribution is 5.30. The third-order valence-corrected chi connectivity index (χ3v) is 2.92. The number of hydrogen-bond donors (Lipinski definition) is 0. The fourth-order valence-electron chi connectivity index (χ4n) is 1.95. The fourth-order valence-corrected chi connectivity index (χ4v) is 1.95. The summed E-state index contributed by atoms with van der Waals surface area (Å²) < 4.78 is 10.9. The van der Waals surface area contributed by atoms with Gasteiger partial charge in [0.05, 0.1) is 12.7 Å². The van der Waals surface area contributed by atoms with Gasteiger partial charge in [-0.2, -0.15) is 0 Å². The number of ether oxygens (including phenoxy) is 2. The Balaban J connectivity index is 2.23. The van der Waals surface area contributed by atoms with Gasteiger partial charge < -0.3 is 9.47 Å². The van der Waals surface area contributed by atoms with Crippen molar-refractivity contribution in [1.82, 2.24) is 0 Å². The van der Waals surface area contributed by atoms with E-state index >= 15 is 0 Å². The Hall–Kier alpha value is -1.02. The highest BCUT2D eigenvalue weighted by Crippen LogP contribution is 2.35. The molecule has 1 aromatic rings. The van der Waals surface area contributed by atoms with E-state index in [-0.39, 0.29) is 5.60 Å². The van der Waals surface area contributed by atoms with Crippen molar-refractivity contribution in [2.45, 2.75) is 25.4 Å². The molecule has 2 nitrogen and oxygen atoms in total. The molecule has 2 heteroatoms. The molecule has 0 bridgehead atoms. The van der Waals surface area contributed by atoms with Gasteiger partial charge in [-0.15, -0.1) is 0 Å². The van der Waals surface area contributed by atoms with Crippen molar-refractivity contribution in [2.24, 2.45) is 0 Å². The van der Waals surface area contributed by atoms with Gasteiger partial charge in [-0.05, 0) is 37.5 Å². The van der Waals surface area contributed by atoms with Crippen molar-refractivity contribution in [3.63, 3.8) is 0 Å². The first-order valence-electron chi connectivity index (χ1n) is 5.03. The molecule has 0 aromatic heterocycles. The third kappa shape index (κ3) is 1.62. The summed E-state index contributed by atoms with van der Waals surface area (Å²) in [5, 5.41) is 0. The summed E-state index contributed by atoms with van der Waals surface area (Å²) >= 11 is 0. The normalized spacial score (nSPS) is 26.4. The lowest BCUT2D eigenvalue weighted by atomic mass is 9.93. The zero-order valence-corrected chi connectivity index (χ0v) is 8.75. The Bertz CT molecular complexity index is 297. The van der Waals surface area contributed by atoms with E-state index in [1.165, 1.54) is 5.56 Å². The smallest absolute Gasteiger partial charge is 0.118 e. The molecule has 0 saturated carbocycles. The van der Waals surface area contributed by atoms with Gasteiger partial charge in [-0.3, -0.25) is 0 Å². The number of benzene rings is 1. The lowest BCUT2D eigenvalue weighted by Gasteiger charge is -2.23. The molecule has 1 aliphatic heterocycles. The van der Waals surface area contributed by atoms with Crippen LogP contribution in [-0.2, 0) is 10.3 Å². The second-order valence-corrected chi connectivity index (χ2v) is 3.91. The second kappa shape index (κ2) is 3.62. The van der Waals surface area contributed by atoms with Gasteiger partial charge in [0.25, 0.3) is 0 Å². The quantitative estimate of drug-likeness (QED) is 0.717. The molecule has 1 saturated heterocycles. The van der Waals surface area contributed by atoms with Crippen LogP contribution >= 0.6 is 0 Å².